The van der Waals surface area contributed by atoms with Crippen molar-refractivity contribution < 1.29 is 9.90 Å². The predicted octanol–water partition coefficient (Wildman–Crippen LogP) is 3.09. The van der Waals surface area contributed by atoms with Gasteiger partial charge in [0.25, 0.3) is 0 Å². The van der Waals surface area contributed by atoms with E-state index in [1.165, 1.54) is 0 Å². The molecule has 2 heteroatoms. The number of rotatable bonds is 2. The molecule has 1 rings (SSSR count). The number of carbonyl (C=O) groups is 1. The largest absolute Gasteiger partial charge is 0.481 e. The highest BCUT2D eigenvalue weighted by atomic mass is 16.4. The maximum absolute atomic E-state index is 10.6. The fourth-order valence-corrected chi connectivity index (χ4v) is 2.03. The second-order valence-electron chi connectivity index (χ2n) is 5.34. The van der Waals surface area contributed by atoms with Gasteiger partial charge in [-0.2, -0.15) is 0 Å². The van der Waals surface area contributed by atoms with Crippen molar-refractivity contribution >= 4 is 5.97 Å². The Kier molecular flexibility index (Phi) is 3.35. The monoisotopic (exact) mass is 196 g/mol. The first kappa shape index (κ1) is 11.3. The normalized spacial score (nSPS) is 27.6. The molecular weight excluding hydrogens is 176 g/mol. The average Bonchev–Trinajstić information content (AvgIpc) is 2.01. The van der Waals surface area contributed by atoms with Crippen LogP contribution in [-0.4, -0.2) is 11.1 Å². The summed E-state index contributed by atoms with van der Waals surface area (Å²) in [5, 5.41) is 8.73. The van der Waals surface area contributed by atoms with Crippen LogP contribution in [0.1, 0.15) is 40.0 Å². The summed E-state index contributed by atoms with van der Waals surface area (Å²) in [6.07, 6.45) is 6.66. The Labute approximate surface area is 86.0 Å². The SMILES string of the molecule is CC(C)(C)C1C=CCC(CC(=O)O)C1. The molecule has 1 aliphatic rings. The van der Waals surface area contributed by atoms with Crippen molar-refractivity contribution in [1.82, 2.24) is 0 Å². The van der Waals surface area contributed by atoms with E-state index >= 15 is 0 Å². The highest BCUT2D eigenvalue weighted by Crippen LogP contribution is 2.37. The first-order valence-corrected chi connectivity index (χ1v) is 5.28. The summed E-state index contributed by atoms with van der Waals surface area (Å²) in [4.78, 5) is 10.6. The third kappa shape index (κ3) is 3.17. The van der Waals surface area contributed by atoms with Gasteiger partial charge in [0.1, 0.15) is 0 Å². The maximum atomic E-state index is 10.6. The molecule has 0 heterocycles. The first-order chi connectivity index (χ1) is 6.39. The van der Waals surface area contributed by atoms with E-state index < -0.39 is 5.97 Å². The second-order valence-corrected chi connectivity index (χ2v) is 5.34. The molecule has 0 bridgehead atoms. The fourth-order valence-electron chi connectivity index (χ4n) is 2.03. The molecular formula is C12H20O2. The number of hydrogen-bond acceptors (Lipinski definition) is 1. The Bertz CT molecular complexity index is 235. The topological polar surface area (TPSA) is 37.3 Å². The molecule has 2 unspecified atom stereocenters. The van der Waals surface area contributed by atoms with Crippen LogP contribution in [0.15, 0.2) is 12.2 Å². The molecule has 0 saturated heterocycles. The molecule has 14 heavy (non-hydrogen) atoms. The van der Waals surface area contributed by atoms with Gasteiger partial charge in [0.05, 0.1) is 0 Å². The van der Waals surface area contributed by atoms with Gasteiger partial charge in [-0.3, -0.25) is 4.79 Å². The summed E-state index contributed by atoms with van der Waals surface area (Å²) in [5.74, 6) is 0.195. The van der Waals surface area contributed by atoms with E-state index in [1.54, 1.807) is 0 Å². The Balaban J connectivity index is 2.56. The molecule has 0 aromatic rings. The number of allylic oxidation sites excluding steroid dienone is 2. The van der Waals surface area contributed by atoms with Crippen molar-refractivity contribution in [3.8, 4) is 0 Å². The van der Waals surface area contributed by atoms with Crippen LogP contribution in [-0.2, 0) is 4.79 Å². The molecule has 0 aromatic heterocycles. The molecule has 0 aromatic carbocycles. The van der Waals surface area contributed by atoms with E-state index in [1.807, 2.05) is 0 Å². The van der Waals surface area contributed by atoms with Crippen LogP contribution < -0.4 is 0 Å². The van der Waals surface area contributed by atoms with E-state index in [4.69, 9.17) is 5.11 Å². The lowest BCUT2D eigenvalue weighted by Crippen LogP contribution is -2.24. The molecule has 2 nitrogen and oxygen atoms in total. The van der Waals surface area contributed by atoms with Crippen LogP contribution in [0.3, 0.4) is 0 Å². The molecule has 0 amide bonds. The Morgan fingerprint density at radius 3 is 2.64 bits per heavy atom. The van der Waals surface area contributed by atoms with Crippen LogP contribution in [0.4, 0.5) is 0 Å². The van der Waals surface area contributed by atoms with Gasteiger partial charge in [0.15, 0.2) is 0 Å². The van der Waals surface area contributed by atoms with Crippen molar-refractivity contribution in [2.75, 3.05) is 0 Å². The van der Waals surface area contributed by atoms with Crippen molar-refractivity contribution in [2.24, 2.45) is 17.3 Å². The lowest BCUT2D eigenvalue weighted by molar-refractivity contribution is -0.138. The van der Waals surface area contributed by atoms with Crippen molar-refractivity contribution in [3.05, 3.63) is 12.2 Å². The molecule has 0 aliphatic heterocycles. The van der Waals surface area contributed by atoms with E-state index in [-0.39, 0.29) is 5.41 Å². The van der Waals surface area contributed by atoms with E-state index in [0.29, 0.717) is 18.3 Å². The summed E-state index contributed by atoms with van der Waals surface area (Å²) in [7, 11) is 0. The Hall–Kier alpha value is -0.790. The number of hydrogen-bond donors (Lipinski definition) is 1. The van der Waals surface area contributed by atoms with Gasteiger partial charge in [-0.15, -0.1) is 0 Å². The molecule has 0 spiro atoms. The highest BCUT2D eigenvalue weighted by Gasteiger charge is 2.28. The quantitative estimate of drug-likeness (QED) is 0.689. The van der Waals surface area contributed by atoms with Crippen molar-refractivity contribution in [3.63, 3.8) is 0 Å². The lowest BCUT2D eigenvalue weighted by atomic mass is 9.72. The zero-order valence-electron chi connectivity index (χ0n) is 9.29. The minimum absolute atomic E-state index is 0.258. The van der Waals surface area contributed by atoms with Gasteiger partial charge in [0, 0.05) is 6.42 Å². The Morgan fingerprint density at radius 1 is 1.50 bits per heavy atom. The van der Waals surface area contributed by atoms with Crippen LogP contribution in [0.2, 0.25) is 0 Å². The number of carboxylic acids is 1. The minimum atomic E-state index is -0.669. The number of carboxylic acid groups (broad SMARTS) is 1. The molecule has 1 N–H and O–H groups in total. The summed E-state index contributed by atoms with van der Waals surface area (Å²) in [6, 6.07) is 0. The molecule has 0 radical (unpaired) electrons. The zero-order valence-corrected chi connectivity index (χ0v) is 9.29. The van der Waals surface area contributed by atoms with E-state index in [9.17, 15) is 4.79 Å². The molecule has 2 atom stereocenters. The predicted molar refractivity (Wildman–Crippen MR) is 57.1 cm³/mol. The summed E-state index contributed by atoms with van der Waals surface area (Å²) in [6.45, 7) is 6.64. The van der Waals surface area contributed by atoms with E-state index in [2.05, 4.69) is 32.9 Å². The third-order valence-electron chi connectivity index (χ3n) is 3.00. The molecule has 0 saturated carbocycles. The van der Waals surface area contributed by atoms with Crippen LogP contribution in [0.5, 0.6) is 0 Å². The van der Waals surface area contributed by atoms with Gasteiger partial charge in [-0.05, 0) is 30.1 Å². The molecule has 0 fully saturated rings. The van der Waals surface area contributed by atoms with E-state index in [0.717, 1.165) is 12.8 Å². The van der Waals surface area contributed by atoms with Crippen molar-refractivity contribution in [1.29, 1.82) is 0 Å². The smallest absolute Gasteiger partial charge is 0.303 e. The van der Waals surface area contributed by atoms with Crippen LogP contribution >= 0.6 is 0 Å². The summed E-state index contributed by atoms with van der Waals surface area (Å²) >= 11 is 0. The summed E-state index contributed by atoms with van der Waals surface area (Å²) < 4.78 is 0. The third-order valence-corrected chi connectivity index (χ3v) is 3.00. The summed E-state index contributed by atoms with van der Waals surface area (Å²) in [5.41, 5.74) is 0.258. The molecule has 1 aliphatic carbocycles. The zero-order chi connectivity index (χ0) is 10.8. The standard InChI is InChI=1S/C12H20O2/c1-12(2,3)10-6-4-5-9(7-10)8-11(13)14/h4,6,9-10H,5,7-8H2,1-3H3,(H,13,14). The van der Waals surface area contributed by atoms with Gasteiger partial charge in [-0.1, -0.05) is 32.9 Å². The average molecular weight is 196 g/mol. The Morgan fingerprint density at radius 2 is 2.14 bits per heavy atom. The van der Waals surface area contributed by atoms with Gasteiger partial charge >= 0.3 is 5.97 Å². The van der Waals surface area contributed by atoms with Gasteiger partial charge in [0.2, 0.25) is 0 Å². The number of aliphatic carboxylic acids is 1. The fraction of sp³-hybridized carbons (Fsp3) is 0.750. The molecule has 80 valence electrons. The van der Waals surface area contributed by atoms with Gasteiger partial charge < -0.3 is 5.11 Å². The van der Waals surface area contributed by atoms with Crippen molar-refractivity contribution in [2.45, 2.75) is 40.0 Å². The van der Waals surface area contributed by atoms with Gasteiger partial charge in [-0.25, -0.2) is 0 Å². The lowest BCUT2D eigenvalue weighted by Gasteiger charge is -2.33. The second kappa shape index (κ2) is 4.16. The first-order valence-electron chi connectivity index (χ1n) is 5.28. The maximum Gasteiger partial charge on any atom is 0.303 e. The highest BCUT2D eigenvalue weighted by molar-refractivity contribution is 5.67. The minimum Gasteiger partial charge on any atom is -0.481 e. The van der Waals surface area contributed by atoms with Crippen LogP contribution in [0.25, 0.3) is 0 Å². The van der Waals surface area contributed by atoms with Crippen LogP contribution in [0, 0.1) is 17.3 Å².